The molecular weight excluding hydrogens is 348 g/mol. The Kier molecular flexibility index (Phi) is 4.75. The van der Waals surface area contributed by atoms with Crippen LogP contribution in [0.3, 0.4) is 0 Å². The van der Waals surface area contributed by atoms with Gasteiger partial charge in [0.05, 0.1) is 35.8 Å². The number of anilines is 1. The third-order valence-corrected chi connectivity index (χ3v) is 3.70. The molecular formula is C15H13ClN6O3. The smallest absolute Gasteiger partial charge is 0.358 e. The molecule has 3 aromatic rings. The Bertz CT molecular complexity index is 919. The zero-order valence-electron chi connectivity index (χ0n) is 12.9. The summed E-state index contributed by atoms with van der Waals surface area (Å²) < 4.78 is 2.84. The molecule has 10 heteroatoms. The highest BCUT2D eigenvalue weighted by Gasteiger charge is 2.14. The van der Waals surface area contributed by atoms with E-state index in [-0.39, 0.29) is 18.3 Å². The fourth-order valence-corrected chi connectivity index (χ4v) is 2.40. The summed E-state index contributed by atoms with van der Waals surface area (Å²) in [5, 5.41) is 21.7. The lowest BCUT2D eigenvalue weighted by molar-refractivity contribution is -0.389. The lowest BCUT2D eigenvalue weighted by Crippen LogP contribution is -2.18. The third kappa shape index (κ3) is 4.21. The number of benzene rings is 1. The molecule has 0 saturated heterocycles. The van der Waals surface area contributed by atoms with E-state index in [2.05, 4.69) is 15.5 Å². The van der Waals surface area contributed by atoms with E-state index in [9.17, 15) is 14.9 Å². The molecule has 3 rings (SSSR count). The summed E-state index contributed by atoms with van der Waals surface area (Å²) in [6.45, 7) is 0.338. The van der Waals surface area contributed by atoms with Crippen molar-refractivity contribution in [2.45, 2.75) is 13.1 Å². The molecule has 1 amide bonds. The van der Waals surface area contributed by atoms with E-state index < -0.39 is 4.92 Å². The summed E-state index contributed by atoms with van der Waals surface area (Å²) >= 11 is 6.11. The van der Waals surface area contributed by atoms with Crippen LogP contribution in [0.4, 0.5) is 11.5 Å². The highest BCUT2D eigenvalue weighted by Crippen LogP contribution is 2.16. The number of nitrogens with one attached hydrogen (secondary N) is 1. The topological polar surface area (TPSA) is 108 Å². The Morgan fingerprint density at radius 1 is 1.28 bits per heavy atom. The number of hydrogen-bond acceptors (Lipinski definition) is 5. The molecule has 1 N–H and O–H groups in total. The molecule has 0 bridgehead atoms. The van der Waals surface area contributed by atoms with Crippen molar-refractivity contribution in [2.75, 3.05) is 5.32 Å². The van der Waals surface area contributed by atoms with Crippen LogP contribution in [0.5, 0.6) is 0 Å². The van der Waals surface area contributed by atoms with Gasteiger partial charge in [-0.2, -0.15) is 9.78 Å². The van der Waals surface area contributed by atoms with Crippen molar-refractivity contribution in [1.29, 1.82) is 0 Å². The van der Waals surface area contributed by atoms with E-state index in [1.54, 1.807) is 16.9 Å². The first-order valence-electron chi connectivity index (χ1n) is 7.25. The second-order valence-electron chi connectivity index (χ2n) is 5.19. The zero-order chi connectivity index (χ0) is 17.8. The van der Waals surface area contributed by atoms with E-state index >= 15 is 0 Å². The van der Waals surface area contributed by atoms with E-state index in [1.165, 1.54) is 23.1 Å². The maximum absolute atomic E-state index is 12.0. The van der Waals surface area contributed by atoms with Crippen LogP contribution in [0.15, 0.2) is 48.9 Å². The first kappa shape index (κ1) is 16.7. The van der Waals surface area contributed by atoms with Gasteiger partial charge < -0.3 is 15.4 Å². The van der Waals surface area contributed by atoms with E-state index in [1.807, 2.05) is 18.2 Å². The average molecular weight is 361 g/mol. The maximum Gasteiger partial charge on any atom is 0.389 e. The van der Waals surface area contributed by atoms with Crippen molar-refractivity contribution < 1.29 is 9.72 Å². The maximum atomic E-state index is 12.0. The van der Waals surface area contributed by atoms with Crippen molar-refractivity contribution in [3.05, 3.63) is 69.6 Å². The second-order valence-corrected chi connectivity index (χ2v) is 5.60. The Hall–Kier alpha value is -3.20. The number of halogens is 1. The lowest BCUT2D eigenvalue weighted by Gasteiger charge is -2.04. The van der Waals surface area contributed by atoms with Gasteiger partial charge in [-0.25, -0.2) is 0 Å². The molecule has 1 aromatic carbocycles. The van der Waals surface area contributed by atoms with Gasteiger partial charge in [-0.3, -0.25) is 9.48 Å². The minimum absolute atomic E-state index is 0.135. The molecule has 2 aromatic heterocycles. The summed E-state index contributed by atoms with van der Waals surface area (Å²) in [4.78, 5) is 21.9. The molecule has 0 aliphatic rings. The van der Waals surface area contributed by atoms with Crippen LogP contribution >= 0.6 is 11.6 Å². The number of amides is 1. The van der Waals surface area contributed by atoms with Crippen LogP contribution in [0.25, 0.3) is 0 Å². The van der Waals surface area contributed by atoms with Gasteiger partial charge in [0, 0.05) is 11.2 Å². The highest BCUT2D eigenvalue weighted by atomic mass is 35.5. The van der Waals surface area contributed by atoms with Gasteiger partial charge in [-0.05, 0) is 16.6 Å². The van der Waals surface area contributed by atoms with Crippen molar-refractivity contribution in [3.63, 3.8) is 0 Å². The van der Waals surface area contributed by atoms with Crippen LogP contribution in [-0.2, 0) is 17.9 Å². The lowest BCUT2D eigenvalue weighted by atomic mass is 10.2. The molecule has 128 valence electrons. The number of aromatic nitrogens is 4. The molecule has 2 heterocycles. The quantitative estimate of drug-likeness (QED) is 0.536. The number of carbonyl (C=O) groups excluding carboxylic acids is 1. The van der Waals surface area contributed by atoms with Gasteiger partial charge in [0.25, 0.3) is 0 Å². The number of carbonyl (C=O) groups is 1. The predicted octanol–water partition coefficient (Wildman–Crippen LogP) is 2.33. The van der Waals surface area contributed by atoms with Gasteiger partial charge in [-0.15, -0.1) is 0 Å². The van der Waals surface area contributed by atoms with Gasteiger partial charge in [-0.1, -0.05) is 29.8 Å². The Balaban J connectivity index is 1.59. The standard InChI is InChI=1S/C15H13ClN6O3/c16-13-4-2-1-3-11(13)8-21-9-12(7-17-21)18-15(23)10-20-6-5-14(19-20)22(24)25/h1-7,9H,8,10H2,(H,18,23). The predicted molar refractivity (Wildman–Crippen MR) is 90.3 cm³/mol. The molecule has 0 unspecified atom stereocenters. The first-order valence-corrected chi connectivity index (χ1v) is 7.62. The fraction of sp³-hybridized carbons (Fsp3) is 0.133. The summed E-state index contributed by atoms with van der Waals surface area (Å²) in [6, 6.07) is 8.66. The van der Waals surface area contributed by atoms with Gasteiger partial charge in [0.1, 0.15) is 6.54 Å². The molecule has 9 nitrogen and oxygen atoms in total. The summed E-state index contributed by atoms with van der Waals surface area (Å²) in [5.74, 6) is -0.671. The molecule has 25 heavy (non-hydrogen) atoms. The normalized spacial score (nSPS) is 10.6. The average Bonchev–Trinajstić information content (AvgIpc) is 3.19. The second kappa shape index (κ2) is 7.14. The molecule has 0 aliphatic carbocycles. The first-order chi connectivity index (χ1) is 12.0. The van der Waals surface area contributed by atoms with Gasteiger partial charge in [0.2, 0.25) is 5.91 Å². The SMILES string of the molecule is O=C(Cn1ccc([N+](=O)[O-])n1)Nc1cnn(Cc2ccccc2Cl)c1. The Morgan fingerprint density at radius 3 is 2.80 bits per heavy atom. The van der Waals surface area contributed by atoms with E-state index in [0.717, 1.165) is 5.56 Å². The molecule has 0 saturated carbocycles. The molecule has 0 fully saturated rings. The van der Waals surface area contributed by atoms with Gasteiger partial charge >= 0.3 is 5.82 Å². The Labute approximate surface area is 147 Å². The number of nitro groups is 1. The summed E-state index contributed by atoms with van der Waals surface area (Å²) in [7, 11) is 0. The van der Waals surface area contributed by atoms with Crippen LogP contribution < -0.4 is 5.32 Å². The number of hydrogen-bond donors (Lipinski definition) is 1. The van der Waals surface area contributed by atoms with Gasteiger partial charge in [0.15, 0.2) is 0 Å². The number of nitrogens with zero attached hydrogens (tertiary/aromatic N) is 5. The Morgan fingerprint density at radius 2 is 2.08 bits per heavy atom. The molecule has 0 aliphatic heterocycles. The van der Waals surface area contributed by atoms with Crippen molar-refractivity contribution in [2.24, 2.45) is 0 Å². The van der Waals surface area contributed by atoms with Crippen LogP contribution in [0.1, 0.15) is 5.56 Å². The minimum Gasteiger partial charge on any atom is -0.358 e. The van der Waals surface area contributed by atoms with Crippen molar-refractivity contribution in [1.82, 2.24) is 19.6 Å². The zero-order valence-corrected chi connectivity index (χ0v) is 13.6. The van der Waals surface area contributed by atoms with Crippen LogP contribution in [-0.4, -0.2) is 30.4 Å². The molecule has 0 atom stereocenters. The largest absolute Gasteiger partial charge is 0.389 e. The van der Waals surface area contributed by atoms with E-state index in [4.69, 9.17) is 11.6 Å². The van der Waals surface area contributed by atoms with Crippen molar-refractivity contribution in [3.8, 4) is 0 Å². The number of rotatable bonds is 6. The van der Waals surface area contributed by atoms with Crippen LogP contribution in [0, 0.1) is 10.1 Å². The highest BCUT2D eigenvalue weighted by molar-refractivity contribution is 6.31. The minimum atomic E-state index is -0.618. The monoisotopic (exact) mass is 360 g/mol. The van der Waals surface area contributed by atoms with E-state index in [0.29, 0.717) is 17.3 Å². The fourth-order valence-electron chi connectivity index (χ4n) is 2.20. The summed E-state index contributed by atoms with van der Waals surface area (Å²) in [5.41, 5.74) is 1.42. The van der Waals surface area contributed by atoms with Crippen LogP contribution in [0.2, 0.25) is 5.02 Å². The van der Waals surface area contributed by atoms with Crippen molar-refractivity contribution >= 4 is 29.0 Å². The summed E-state index contributed by atoms with van der Waals surface area (Å²) in [6.07, 6.45) is 4.56. The molecule has 0 spiro atoms. The third-order valence-electron chi connectivity index (χ3n) is 3.33. The molecule has 0 radical (unpaired) electrons.